The average molecular weight is 287 g/mol. The van der Waals surface area contributed by atoms with E-state index >= 15 is 0 Å². The van der Waals surface area contributed by atoms with Gasteiger partial charge in [-0.3, -0.25) is 9.78 Å². The summed E-state index contributed by atoms with van der Waals surface area (Å²) in [6, 6.07) is 2.06. The fraction of sp³-hybridized carbons (Fsp3) is 0.647. The van der Waals surface area contributed by atoms with Crippen molar-refractivity contribution in [3.8, 4) is 0 Å². The minimum Gasteiger partial charge on any atom is -0.351 e. The van der Waals surface area contributed by atoms with Gasteiger partial charge in [0.2, 0.25) is 5.91 Å². The zero-order valence-electron chi connectivity index (χ0n) is 13.3. The van der Waals surface area contributed by atoms with Gasteiger partial charge in [0, 0.05) is 18.4 Å². The van der Waals surface area contributed by atoms with E-state index < -0.39 is 0 Å². The Kier molecular flexibility index (Phi) is 3.52. The van der Waals surface area contributed by atoms with Crippen molar-refractivity contribution < 1.29 is 4.79 Å². The van der Waals surface area contributed by atoms with Crippen molar-refractivity contribution >= 4 is 5.91 Å². The number of pyridine rings is 1. The van der Waals surface area contributed by atoms with E-state index in [9.17, 15) is 4.79 Å². The van der Waals surface area contributed by atoms with Crippen molar-refractivity contribution in [1.82, 2.24) is 15.6 Å². The number of hydrogen-bond acceptors (Lipinski definition) is 3. The zero-order valence-corrected chi connectivity index (χ0v) is 13.3. The molecule has 1 aromatic heterocycles. The normalized spacial score (nSPS) is 26.6. The monoisotopic (exact) mass is 287 g/mol. The fourth-order valence-electron chi connectivity index (χ4n) is 3.87. The second-order valence-electron chi connectivity index (χ2n) is 6.97. The first-order chi connectivity index (χ1) is 9.97. The van der Waals surface area contributed by atoms with Crippen LogP contribution in [0.3, 0.4) is 0 Å². The number of rotatable bonds is 3. The van der Waals surface area contributed by atoms with Gasteiger partial charge < -0.3 is 10.6 Å². The molecule has 4 nitrogen and oxygen atoms in total. The second-order valence-corrected chi connectivity index (χ2v) is 6.97. The zero-order chi connectivity index (χ0) is 15.1. The number of nitrogens with one attached hydrogen (secondary N) is 2. The lowest BCUT2D eigenvalue weighted by molar-refractivity contribution is -0.127. The molecule has 0 aromatic carbocycles. The van der Waals surface area contributed by atoms with Crippen LogP contribution in [-0.4, -0.2) is 24.0 Å². The molecular formula is C17H25N3O. The Morgan fingerprint density at radius 2 is 2.10 bits per heavy atom. The van der Waals surface area contributed by atoms with E-state index in [-0.39, 0.29) is 16.7 Å². The van der Waals surface area contributed by atoms with Crippen molar-refractivity contribution in [1.29, 1.82) is 0 Å². The largest absolute Gasteiger partial charge is 0.351 e. The highest BCUT2D eigenvalue weighted by molar-refractivity contribution is 5.86. The van der Waals surface area contributed by atoms with Crippen molar-refractivity contribution in [3.63, 3.8) is 0 Å². The Hall–Kier alpha value is -1.42. The second kappa shape index (κ2) is 5.09. The predicted octanol–water partition coefficient (Wildman–Crippen LogP) is 2.09. The fourth-order valence-corrected chi connectivity index (χ4v) is 3.87. The molecule has 0 radical (unpaired) electrons. The van der Waals surface area contributed by atoms with Crippen LogP contribution in [0.4, 0.5) is 0 Å². The van der Waals surface area contributed by atoms with Crippen LogP contribution < -0.4 is 10.6 Å². The first kappa shape index (κ1) is 14.5. The average Bonchev–Trinajstić information content (AvgIpc) is 3.03. The highest BCUT2D eigenvalue weighted by atomic mass is 16.2. The number of hydrogen-bond donors (Lipinski definition) is 2. The van der Waals surface area contributed by atoms with E-state index in [1.807, 2.05) is 13.1 Å². The number of piperidine rings is 1. The molecule has 0 bridgehead atoms. The summed E-state index contributed by atoms with van der Waals surface area (Å²) in [5, 5.41) is 6.52. The van der Waals surface area contributed by atoms with Gasteiger partial charge in [0.25, 0.3) is 0 Å². The van der Waals surface area contributed by atoms with E-state index in [4.69, 9.17) is 0 Å². The van der Waals surface area contributed by atoms with E-state index in [0.29, 0.717) is 6.54 Å². The van der Waals surface area contributed by atoms with Crippen molar-refractivity contribution in [2.75, 3.05) is 13.1 Å². The van der Waals surface area contributed by atoms with Crippen LogP contribution in [0, 0.1) is 24.7 Å². The third-order valence-electron chi connectivity index (χ3n) is 5.59. The van der Waals surface area contributed by atoms with E-state index in [1.54, 1.807) is 0 Å². The third kappa shape index (κ3) is 2.46. The maximum Gasteiger partial charge on any atom is 0.226 e. The summed E-state index contributed by atoms with van der Waals surface area (Å²) in [7, 11) is 0. The lowest BCUT2D eigenvalue weighted by Gasteiger charge is -2.27. The van der Waals surface area contributed by atoms with Gasteiger partial charge in [0.15, 0.2) is 0 Å². The molecule has 1 amide bonds. The van der Waals surface area contributed by atoms with Gasteiger partial charge in [-0.2, -0.15) is 0 Å². The van der Waals surface area contributed by atoms with E-state index in [1.165, 1.54) is 5.56 Å². The molecule has 1 spiro atoms. The summed E-state index contributed by atoms with van der Waals surface area (Å²) in [6.45, 7) is 8.87. The maximum atomic E-state index is 12.6. The quantitative estimate of drug-likeness (QED) is 0.895. The highest BCUT2D eigenvalue weighted by Crippen LogP contribution is 2.68. The summed E-state index contributed by atoms with van der Waals surface area (Å²) < 4.78 is 0. The number of nitrogens with zero attached hydrogens (tertiary/aromatic N) is 1. The molecule has 2 fully saturated rings. The summed E-state index contributed by atoms with van der Waals surface area (Å²) in [5.41, 5.74) is 3.41. The molecule has 1 saturated heterocycles. The molecule has 2 heterocycles. The number of aromatic nitrogens is 1. The van der Waals surface area contributed by atoms with Crippen LogP contribution in [0.25, 0.3) is 0 Å². The first-order valence-corrected chi connectivity index (χ1v) is 7.88. The summed E-state index contributed by atoms with van der Waals surface area (Å²) >= 11 is 0. The number of carbonyl (C=O) groups excluding carboxylic acids is 1. The Morgan fingerprint density at radius 1 is 1.38 bits per heavy atom. The minimum atomic E-state index is -0.166. The Bertz CT molecular complexity index is 563. The molecule has 2 N–H and O–H groups in total. The third-order valence-corrected chi connectivity index (χ3v) is 5.59. The van der Waals surface area contributed by atoms with Gasteiger partial charge in [0.05, 0.1) is 5.41 Å². The van der Waals surface area contributed by atoms with Gasteiger partial charge >= 0.3 is 0 Å². The summed E-state index contributed by atoms with van der Waals surface area (Å²) in [4.78, 5) is 16.9. The smallest absolute Gasteiger partial charge is 0.226 e. The SMILES string of the molecule is Cc1cc(C)c(CNC(=O)C2(C)CC23CCNCC3)cn1. The van der Waals surface area contributed by atoms with Gasteiger partial charge in [-0.25, -0.2) is 0 Å². The molecule has 1 aromatic rings. The van der Waals surface area contributed by atoms with Crippen LogP contribution in [0.1, 0.15) is 43.0 Å². The highest BCUT2D eigenvalue weighted by Gasteiger charge is 2.67. The van der Waals surface area contributed by atoms with Gasteiger partial charge in [-0.15, -0.1) is 0 Å². The number of amides is 1. The lowest BCUT2D eigenvalue weighted by atomic mass is 9.85. The maximum absolute atomic E-state index is 12.6. The molecule has 1 unspecified atom stereocenters. The Balaban J connectivity index is 1.62. The van der Waals surface area contributed by atoms with Crippen LogP contribution in [0.15, 0.2) is 12.3 Å². The van der Waals surface area contributed by atoms with Crippen molar-refractivity contribution in [2.45, 2.75) is 46.6 Å². The predicted molar refractivity (Wildman–Crippen MR) is 82.8 cm³/mol. The van der Waals surface area contributed by atoms with Crippen molar-refractivity contribution in [3.05, 3.63) is 29.1 Å². The molecule has 4 heteroatoms. The number of aryl methyl sites for hydroxylation is 2. The van der Waals surface area contributed by atoms with Crippen molar-refractivity contribution in [2.24, 2.45) is 10.8 Å². The van der Waals surface area contributed by atoms with Crippen LogP contribution in [0.2, 0.25) is 0 Å². The molecular weight excluding hydrogens is 262 g/mol. The topological polar surface area (TPSA) is 54.0 Å². The van der Waals surface area contributed by atoms with Crippen LogP contribution in [-0.2, 0) is 11.3 Å². The molecule has 21 heavy (non-hydrogen) atoms. The van der Waals surface area contributed by atoms with Crippen LogP contribution in [0.5, 0.6) is 0 Å². The molecule has 2 aliphatic rings. The molecule has 3 rings (SSSR count). The van der Waals surface area contributed by atoms with E-state index in [0.717, 1.165) is 43.6 Å². The standard InChI is InChI=1S/C17H25N3O/c1-12-8-13(2)19-9-14(12)10-20-15(21)16(3)11-17(16)4-6-18-7-5-17/h8-9,18H,4-7,10-11H2,1-3H3,(H,20,21). The number of carbonyl (C=O) groups is 1. The lowest BCUT2D eigenvalue weighted by Crippen LogP contribution is -2.38. The van der Waals surface area contributed by atoms with Crippen LogP contribution >= 0.6 is 0 Å². The molecule has 1 atom stereocenters. The minimum absolute atomic E-state index is 0.166. The Labute approximate surface area is 126 Å². The first-order valence-electron chi connectivity index (χ1n) is 7.88. The molecule has 114 valence electrons. The van der Waals surface area contributed by atoms with Gasteiger partial charge in [0.1, 0.15) is 0 Å². The molecule has 1 aliphatic carbocycles. The van der Waals surface area contributed by atoms with E-state index in [2.05, 4.69) is 35.5 Å². The Morgan fingerprint density at radius 3 is 2.76 bits per heavy atom. The van der Waals surface area contributed by atoms with Gasteiger partial charge in [-0.05, 0) is 68.8 Å². The summed E-state index contributed by atoms with van der Waals surface area (Å²) in [6.07, 6.45) is 5.17. The van der Waals surface area contributed by atoms with Gasteiger partial charge in [-0.1, -0.05) is 6.92 Å². The molecule has 1 saturated carbocycles. The summed E-state index contributed by atoms with van der Waals surface area (Å²) in [5.74, 6) is 0.212. The molecule has 1 aliphatic heterocycles.